The van der Waals surface area contributed by atoms with E-state index in [9.17, 15) is 0 Å². The Morgan fingerprint density at radius 2 is 1.71 bits per heavy atom. The molecule has 0 radical (unpaired) electrons. The van der Waals surface area contributed by atoms with E-state index in [2.05, 4.69) is 20.4 Å². The average Bonchev–Trinajstić information content (AvgIpc) is 3.01. The minimum Gasteiger partial charge on any atom is -0.339 e. The molecule has 118 valence electrons. The third-order valence-electron chi connectivity index (χ3n) is 3.72. The van der Waals surface area contributed by atoms with Crippen molar-refractivity contribution < 1.29 is 0 Å². The van der Waals surface area contributed by atoms with Crippen molar-refractivity contribution in [2.75, 3.05) is 5.32 Å². The van der Waals surface area contributed by atoms with Gasteiger partial charge in [0.2, 0.25) is 5.28 Å². The lowest BCUT2D eigenvalue weighted by molar-refractivity contribution is 0.895. The normalized spacial score (nSPS) is 10.9. The summed E-state index contributed by atoms with van der Waals surface area (Å²) in [7, 11) is 0. The van der Waals surface area contributed by atoms with E-state index in [0.29, 0.717) is 11.5 Å². The fourth-order valence-electron chi connectivity index (χ4n) is 2.51. The quantitative estimate of drug-likeness (QED) is 0.559. The second kappa shape index (κ2) is 5.94. The van der Waals surface area contributed by atoms with Crippen LogP contribution < -0.4 is 5.32 Å². The van der Waals surface area contributed by atoms with E-state index in [1.807, 2.05) is 61.5 Å². The minimum absolute atomic E-state index is 0.176. The van der Waals surface area contributed by atoms with Crippen LogP contribution >= 0.6 is 11.6 Å². The van der Waals surface area contributed by atoms with Crippen molar-refractivity contribution in [2.45, 2.75) is 6.92 Å². The highest BCUT2D eigenvalue weighted by Gasteiger charge is 2.13. The zero-order valence-corrected chi connectivity index (χ0v) is 13.7. The van der Waals surface area contributed by atoms with Gasteiger partial charge in [-0.05, 0) is 42.8 Å². The molecule has 0 bridgehead atoms. The van der Waals surface area contributed by atoms with Gasteiger partial charge in [-0.25, -0.2) is 4.68 Å². The first-order valence-electron chi connectivity index (χ1n) is 7.51. The Kier molecular flexibility index (Phi) is 3.63. The molecule has 4 rings (SSSR count). The van der Waals surface area contributed by atoms with Gasteiger partial charge < -0.3 is 5.32 Å². The van der Waals surface area contributed by atoms with Crippen LogP contribution in [-0.2, 0) is 0 Å². The van der Waals surface area contributed by atoms with Crippen molar-refractivity contribution in [3.63, 3.8) is 0 Å². The molecule has 5 nitrogen and oxygen atoms in total. The van der Waals surface area contributed by atoms with Crippen molar-refractivity contribution in [2.24, 2.45) is 0 Å². The Morgan fingerprint density at radius 3 is 2.46 bits per heavy atom. The first kappa shape index (κ1) is 14.7. The van der Waals surface area contributed by atoms with Crippen LogP contribution in [0.5, 0.6) is 0 Å². The van der Waals surface area contributed by atoms with Crippen molar-refractivity contribution in [1.29, 1.82) is 0 Å². The molecule has 0 aliphatic heterocycles. The predicted octanol–water partition coefficient (Wildman–Crippen LogP) is 4.52. The van der Waals surface area contributed by atoms with E-state index in [-0.39, 0.29) is 5.28 Å². The highest BCUT2D eigenvalue weighted by Crippen LogP contribution is 2.26. The Balaban J connectivity index is 1.82. The number of anilines is 2. The Bertz CT molecular complexity index is 993. The van der Waals surface area contributed by atoms with E-state index in [4.69, 9.17) is 11.6 Å². The molecule has 0 saturated heterocycles. The number of nitrogens with one attached hydrogen (secondary N) is 1. The number of rotatable bonds is 3. The van der Waals surface area contributed by atoms with Gasteiger partial charge in [0.15, 0.2) is 5.65 Å². The molecule has 0 unspecified atom stereocenters. The van der Waals surface area contributed by atoms with Gasteiger partial charge in [0.1, 0.15) is 5.82 Å². The lowest BCUT2D eigenvalue weighted by atomic mass is 10.2. The number of hydrogen-bond donors (Lipinski definition) is 1. The molecule has 0 spiro atoms. The number of aromatic nitrogens is 4. The molecule has 2 aromatic carbocycles. The number of nitrogens with zero attached hydrogens (tertiary/aromatic N) is 4. The lowest BCUT2D eigenvalue weighted by Crippen LogP contribution is -2.00. The molecule has 0 fully saturated rings. The Labute approximate surface area is 143 Å². The Hall–Kier alpha value is -2.92. The molecule has 0 atom stereocenters. The summed E-state index contributed by atoms with van der Waals surface area (Å²) in [5, 5.41) is 8.71. The van der Waals surface area contributed by atoms with Gasteiger partial charge >= 0.3 is 0 Å². The van der Waals surface area contributed by atoms with Crippen LogP contribution in [0, 0.1) is 6.92 Å². The van der Waals surface area contributed by atoms with Gasteiger partial charge in [-0.15, -0.1) is 0 Å². The third-order valence-corrected chi connectivity index (χ3v) is 3.89. The summed E-state index contributed by atoms with van der Waals surface area (Å²) in [4.78, 5) is 8.66. The standard InChI is InChI=1S/C18H14ClN5/c1-12-7-9-13(10-8-12)21-16-15-11-20-24(14-5-3-2-4-6-14)17(15)23-18(19)22-16/h2-11H,1H3,(H,21,22,23). The third kappa shape index (κ3) is 2.70. The van der Waals surface area contributed by atoms with Crippen LogP contribution in [0.25, 0.3) is 16.7 Å². The van der Waals surface area contributed by atoms with Gasteiger partial charge in [-0.2, -0.15) is 15.1 Å². The number of fused-ring (bicyclic) bond motifs is 1. The molecule has 1 N–H and O–H groups in total. The molecule has 2 heterocycles. The van der Waals surface area contributed by atoms with E-state index in [0.717, 1.165) is 16.8 Å². The van der Waals surface area contributed by atoms with E-state index in [1.165, 1.54) is 5.56 Å². The van der Waals surface area contributed by atoms with Crippen LogP contribution in [0.1, 0.15) is 5.56 Å². The number of benzene rings is 2. The molecular formula is C18H14ClN5. The number of para-hydroxylation sites is 1. The van der Waals surface area contributed by atoms with Crippen molar-refractivity contribution >= 4 is 34.1 Å². The molecule has 0 amide bonds. The van der Waals surface area contributed by atoms with Gasteiger partial charge in [0, 0.05) is 5.69 Å². The molecule has 24 heavy (non-hydrogen) atoms. The molecular weight excluding hydrogens is 322 g/mol. The fourth-order valence-corrected chi connectivity index (χ4v) is 2.67. The molecule has 6 heteroatoms. The summed E-state index contributed by atoms with van der Waals surface area (Å²) < 4.78 is 1.75. The highest BCUT2D eigenvalue weighted by atomic mass is 35.5. The second-order valence-corrected chi connectivity index (χ2v) is 5.80. The van der Waals surface area contributed by atoms with Gasteiger partial charge in [0.25, 0.3) is 0 Å². The van der Waals surface area contributed by atoms with Crippen molar-refractivity contribution in [1.82, 2.24) is 19.7 Å². The number of halogens is 1. The zero-order chi connectivity index (χ0) is 16.5. The maximum absolute atomic E-state index is 6.13. The largest absolute Gasteiger partial charge is 0.339 e. The van der Waals surface area contributed by atoms with Crippen LogP contribution in [-0.4, -0.2) is 19.7 Å². The molecule has 2 aromatic heterocycles. The van der Waals surface area contributed by atoms with Crippen LogP contribution in [0.3, 0.4) is 0 Å². The topological polar surface area (TPSA) is 55.6 Å². The summed E-state index contributed by atoms with van der Waals surface area (Å²) in [6.45, 7) is 2.05. The molecule has 0 aliphatic rings. The van der Waals surface area contributed by atoms with Gasteiger partial charge in [0.05, 0.1) is 17.3 Å². The second-order valence-electron chi connectivity index (χ2n) is 5.46. The van der Waals surface area contributed by atoms with E-state index < -0.39 is 0 Å². The average molecular weight is 336 g/mol. The summed E-state index contributed by atoms with van der Waals surface area (Å²) in [6, 6.07) is 17.9. The van der Waals surface area contributed by atoms with Crippen molar-refractivity contribution in [3.8, 4) is 5.69 Å². The first-order valence-corrected chi connectivity index (χ1v) is 7.89. The van der Waals surface area contributed by atoms with Gasteiger partial charge in [-0.1, -0.05) is 35.9 Å². The van der Waals surface area contributed by atoms with E-state index in [1.54, 1.807) is 10.9 Å². The molecule has 4 aromatic rings. The number of hydrogen-bond acceptors (Lipinski definition) is 4. The summed E-state index contributed by atoms with van der Waals surface area (Å²) in [5.74, 6) is 0.635. The van der Waals surface area contributed by atoms with Crippen LogP contribution in [0.15, 0.2) is 60.8 Å². The summed E-state index contributed by atoms with van der Waals surface area (Å²) in [5.41, 5.74) is 3.71. The highest BCUT2D eigenvalue weighted by molar-refractivity contribution is 6.28. The summed E-state index contributed by atoms with van der Waals surface area (Å²) >= 11 is 6.13. The van der Waals surface area contributed by atoms with Crippen molar-refractivity contribution in [3.05, 3.63) is 71.6 Å². The maximum atomic E-state index is 6.13. The SMILES string of the molecule is Cc1ccc(Nc2nc(Cl)nc3c2cnn3-c2ccccc2)cc1. The van der Waals surface area contributed by atoms with Crippen LogP contribution in [0.4, 0.5) is 11.5 Å². The molecule has 0 saturated carbocycles. The minimum atomic E-state index is 0.176. The zero-order valence-electron chi connectivity index (χ0n) is 12.9. The fraction of sp³-hybridized carbons (Fsp3) is 0.0556. The van der Waals surface area contributed by atoms with Crippen LogP contribution in [0.2, 0.25) is 5.28 Å². The smallest absolute Gasteiger partial charge is 0.226 e. The monoisotopic (exact) mass is 335 g/mol. The van der Waals surface area contributed by atoms with Gasteiger partial charge in [-0.3, -0.25) is 0 Å². The number of aryl methyl sites for hydroxylation is 1. The lowest BCUT2D eigenvalue weighted by Gasteiger charge is -2.08. The van der Waals surface area contributed by atoms with E-state index >= 15 is 0 Å². The molecule has 0 aliphatic carbocycles. The maximum Gasteiger partial charge on any atom is 0.226 e. The summed E-state index contributed by atoms with van der Waals surface area (Å²) in [6.07, 6.45) is 1.75. The Morgan fingerprint density at radius 1 is 0.958 bits per heavy atom. The first-order chi connectivity index (χ1) is 11.7. The predicted molar refractivity (Wildman–Crippen MR) is 96.1 cm³/mol.